The van der Waals surface area contributed by atoms with Crippen molar-refractivity contribution in [3.8, 4) is 10.4 Å². The molecule has 1 heterocycles. The van der Waals surface area contributed by atoms with E-state index < -0.39 is 0 Å². The minimum atomic E-state index is 1.24. The number of hydrogen-bond acceptors (Lipinski definition) is 1. The number of hydrogen-bond donors (Lipinski definition) is 0. The Balaban J connectivity index is 1.81. The summed E-state index contributed by atoms with van der Waals surface area (Å²) in [4.78, 5) is 1.33. The molecule has 0 amide bonds. The van der Waals surface area contributed by atoms with Crippen LogP contribution in [0.2, 0.25) is 0 Å². The fraction of sp³-hybridized carbons (Fsp3) is 0. The molecule has 0 N–H and O–H groups in total. The highest BCUT2D eigenvalue weighted by molar-refractivity contribution is 7.33. The van der Waals surface area contributed by atoms with E-state index in [1.807, 2.05) is 17.4 Å². The van der Waals surface area contributed by atoms with Crippen molar-refractivity contribution in [2.45, 2.75) is 0 Å². The first-order valence-corrected chi connectivity index (χ1v) is 7.81. The molecular formula is C17H13S2+. The summed E-state index contributed by atoms with van der Waals surface area (Å²) in [6.07, 6.45) is 4.36. The third-order valence-electron chi connectivity index (χ3n) is 2.76. The van der Waals surface area contributed by atoms with Crippen molar-refractivity contribution >= 4 is 34.8 Å². The second-order valence-electron chi connectivity index (χ2n) is 4.13. The summed E-state index contributed by atoms with van der Waals surface area (Å²) in [5, 5.41) is 2.23. The van der Waals surface area contributed by atoms with Crippen LogP contribution in [-0.4, -0.2) is 0 Å². The van der Waals surface area contributed by atoms with E-state index in [2.05, 4.69) is 72.1 Å². The normalized spacial score (nSPS) is 10.9. The molecule has 19 heavy (non-hydrogen) atoms. The molecule has 0 aliphatic heterocycles. The summed E-state index contributed by atoms with van der Waals surface area (Å²) in [6.45, 7) is 0. The zero-order valence-corrected chi connectivity index (χ0v) is 12.0. The zero-order valence-electron chi connectivity index (χ0n) is 10.3. The van der Waals surface area contributed by atoms with Gasteiger partial charge in [-0.3, -0.25) is 0 Å². The first kappa shape index (κ1) is 12.3. The predicted octanol–water partition coefficient (Wildman–Crippen LogP) is 5.93. The van der Waals surface area contributed by atoms with E-state index in [1.54, 1.807) is 11.3 Å². The zero-order chi connectivity index (χ0) is 12.9. The van der Waals surface area contributed by atoms with Crippen LogP contribution in [0, 0.1) is 0 Å². The molecule has 0 aliphatic carbocycles. The van der Waals surface area contributed by atoms with Crippen molar-refractivity contribution in [1.29, 1.82) is 0 Å². The SMILES string of the molecule is C(=C\c1sc(-c2ccccc2)c[s+]1)/c1ccccc1. The van der Waals surface area contributed by atoms with Crippen LogP contribution in [-0.2, 0) is 0 Å². The summed E-state index contributed by atoms with van der Waals surface area (Å²) < 4.78 is 1.32. The third kappa shape index (κ3) is 3.16. The van der Waals surface area contributed by atoms with Gasteiger partial charge in [0.1, 0.15) is 5.38 Å². The molecule has 0 bridgehead atoms. The second-order valence-corrected chi connectivity index (χ2v) is 6.38. The molecule has 0 fully saturated rings. The maximum Gasteiger partial charge on any atom is 0.278 e. The van der Waals surface area contributed by atoms with Gasteiger partial charge in [0.25, 0.3) is 4.19 Å². The van der Waals surface area contributed by atoms with Gasteiger partial charge in [-0.05, 0) is 11.6 Å². The van der Waals surface area contributed by atoms with Gasteiger partial charge in [-0.15, -0.1) is 0 Å². The maximum absolute atomic E-state index is 2.23. The molecule has 3 aromatic rings. The van der Waals surface area contributed by atoms with Crippen LogP contribution in [0.1, 0.15) is 9.75 Å². The lowest BCUT2D eigenvalue weighted by atomic mass is 10.2. The van der Waals surface area contributed by atoms with Crippen LogP contribution in [0.25, 0.3) is 22.6 Å². The van der Waals surface area contributed by atoms with Gasteiger partial charge in [0, 0.05) is 11.6 Å². The van der Waals surface area contributed by atoms with Crippen molar-refractivity contribution < 1.29 is 0 Å². The standard InChI is InChI=1S/C17H13S2/c1-3-7-14(8-4-1)11-12-17-18-13-16(19-17)15-9-5-2-6-10-15/h1-13H/q+1/b12-11+. The molecule has 92 valence electrons. The van der Waals surface area contributed by atoms with Crippen LogP contribution in [0.3, 0.4) is 0 Å². The Bertz CT molecular complexity index is 667. The summed E-state index contributed by atoms with van der Waals surface area (Å²) in [6, 6.07) is 20.9. The molecule has 1 aromatic heterocycles. The molecule has 0 aliphatic rings. The lowest BCUT2D eigenvalue weighted by Gasteiger charge is -1.88. The first-order valence-electron chi connectivity index (χ1n) is 6.12. The van der Waals surface area contributed by atoms with Gasteiger partial charge in [-0.2, -0.15) is 0 Å². The molecular weight excluding hydrogens is 268 g/mol. The van der Waals surface area contributed by atoms with Gasteiger partial charge in [0.15, 0.2) is 4.88 Å². The van der Waals surface area contributed by atoms with Crippen molar-refractivity contribution in [2.75, 3.05) is 0 Å². The van der Waals surface area contributed by atoms with Crippen molar-refractivity contribution in [1.82, 2.24) is 0 Å². The van der Waals surface area contributed by atoms with Crippen LogP contribution < -0.4 is 0 Å². The highest BCUT2D eigenvalue weighted by Crippen LogP contribution is 2.32. The average Bonchev–Trinajstić information content (AvgIpc) is 2.96. The number of rotatable bonds is 3. The Hall–Kier alpha value is -1.77. The maximum atomic E-state index is 2.23. The van der Waals surface area contributed by atoms with Crippen LogP contribution in [0.4, 0.5) is 0 Å². The predicted molar refractivity (Wildman–Crippen MR) is 87.4 cm³/mol. The highest BCUT2D eigenvalue weighted by atomic mass is 32.2. The van der Waals surface area contributed by atoms with Crippen molar-refractivity contribution in [2.24, 2.45) is 0 Å². The Morgan fingerprint density at radius 1 is 0.789 bits per heavy atom. The molecule has 0 saturated heterocycles. The summed E-state index contributed by atoms with van der Waals surface area (Å²) >= 11 is 3.63. The lowest BCUT2D eigenvalue weighted by Crippen LogP contribution is -1.68. The Labute approximate surface area is 121 Å². The molecule has 0 spiro atoms. The second kappa shape index (κ2) is 5.91. The van der Waals surface area contributed by atoms with Crippen LogP contribution >= 0.6 is 22.7 Å². The van der Waals surface area contributed by atoms with E-state index in [4.69, 9.17) is 0 Å². The van der Waals surface area contributed by atoms with E-state index in [1.165, 1.54) is 20.2 Å². The van der Waals surface area contributed by atoms with Crippen molar-refractivity contribution in [3.63, 3.8) is 0 Å². The minimum Gasteiger partial charge on any atom is -0.0622 e. The fourth-order valence-electron chi connectivity index (χ4n) is 1.80. The quantitative estimate of drug-likeness (QED) is 0.522. The van der Waals surface area contributed by atoms with Crippen molar-refractivity contribution in [3.05, 3.63) is 75.8 Å². The molecule has 0 atom stereocenters. The minimum absolute atomic E-state index is 1.24. The van der Waals surface area contributed by atoms with Gasteiger partial charge < -0.3 is 0 Å². The Kier molecular flexibility index (Phi) is 3.82. The lowest BCUT2D eigenvalue weighted by molar-refractivity contribution is 1.67. The summed E-state index contributed by atoms with van der Waals surface area (Å²) in [5.41, 5.74) is 2.53. The summed E-state index contributed by atoms with van der Waals surface area (Å²) in [7, 11) is 0. The Morgan fingerprint density at radius 2 is 1.47 bits per heavy atom. The van der Waals surface area contributed by atoms with Gasteiger partial charge in [0.2, 0.25) is 0 Å². The van der Waals surface area contributed by atoms with Gasteiger partial charge >= 0.3 is 0 Å². The van der Waals surface area contributed by atoms with Crippen LogP contribution in [0.15, 0.2) is 66.0 Å². The number of benzene rings is 2. The van der Waals surface area contributed by atoms with Gasteiger partial charge in [0.05, 0.1) is 22.7 Å². The molecule has 0 unspecified atom stereocenters. The van der Waals surface area contributed by atoms with E-state index in [-0.39, 0.29) is 0 Å². The molecule has 0 saturated carbocycles. The average molecular weight is 281 g/mol. The smallest absolute Gasteiger partial charge is 0.0622 e. The van der Waals surface area contributed by atoms with Gasteiger partial charge in [-0.25, -0.2) is 0 Å². The first-order chi connectivity index (χ1) is 9.42. The highest BCUT2D eigenvalue weighted by Gasteiger charge is 2.12. The molecule has 0 radical (unpaired) electrons. The fourth-order valence-corrected chi connectivity index (χ4v) is 3.85. The van der Waals surface area contributed by atoms with Crippen LogP contribution in [0.5, 0.6) is 0 Å². The topological polar surface area (TPSA) is 0 Å². The Morgan fingerprint density at radius 3 is 2.21 bits per heavy atom. The largest absolute Gasteiger partial charge is 0.278 e. The summed E-state index contributed by atoms with van der Waals surface area (Å²) in [5.74, 6) is 0. The van der Waals surface area contributed by atoms with Gasteiger partial charge in [-0.1, -0.05) is 60.7 Å². The van der Waals surface area contributed by atoms with E-state index in [9.17, 15) is 0 Å². The van der Waals surface area contributed by atoms with E-state index >= 15 is 0 Å². The third-order valence-corrected chi connectivity index (χ3v) is 5.08. The van der Waals surface area contributed by atoms with E-state index in [0.717, 1.165) is 0 Å². The monoisotopic (exact) mass is 281 g/mol. The molecule has 3 rings (SSSR count). The molecule has 0 nitrogen and oxygen atoms in total. The molecule has 2 heteroatoms. The van der Waals surface area contributed by atoms with E-state index in [0.29, 0.717) is 0 Å². The molecule has 2 aromatic carbocycles.